The number of carbonyl (C=O) groups is 2. The van der Waals surface area contributed by atoms with Crippen LogP contribution in [0, 0.1) is 11.8 Å². The number of carboxylic acid groups (broad SMARTS) is 1. The van der Waals surface area contributed by atoms with Crippen molar-refractivity contribution in [2.24, 2.45) is 11.8 Å². The van der Waals surface area contributed by atoms with Crippen molar-refractivity contribution >= 4 is 11.9 Å². The van der Waals surface area contributed by atoms with E-state index in [1.54, 1.807) is 6.26 Å². The molecule has 2 fully saturated rings. The average molecular weight is 319 g/mol. The fraction of sp³-hybridized carbons (Fsp3) is 0.667. The highest BCUT2D eigenvalue weighted by atomic mass is 16.4. The first kappa shape index (κ1) is 16.1. The van der Waals surface area contributed by atoms with Gasteiger partial charge >= 0.3 is 5.97 Å². The van der Waals surface area contributed by atoms with E-state index in [9.17, 15) is 9.59 Å². The maximum atomic E-state index is 13.0. The van der Waals surface area contributed by atoms with Gasteiger partial charge in [0.25, 0.3) is 0 Å². The van der Waals surface area contributed by atoms with E-state index in [-0.39, 0.29) is 23.8 Å². The first-order valence-electron chi connectivity index (χ1n) is 8.73. The van der Waals surface area contributed by atoms with Crippen LogP contribution in [0.15, 0.2) is 22.8 Å². The molecule has 1 aliphatic heterocycles. The second-order valence-corrected chi connectivity index (χ2v) is 6.80. The van der Waals surface area contributed by atoms with Crippen LogP contribution in [0.25, 0.3) is 0 Å². The lowest BCUT2D eigenvalue weighted by molar-refractivity contribution is -0.146. The molecule has 0 aromatic carbocycles. The molecule has 5 heteroatoms. The van der Waals surface area contributed by atoms with Crippen LogP contribution in [-0.4, -0.2) is 28.4 Å². The van der Waals surface area contributed by atoms with Crippen LogP contribution in [0.3, 0.4) is 0 Å². The molecular formula is C18H25NO4. The molecule has 1 aromatic rings. The lowest BCUT2D eigenvalue weighted by Crippen LogP contribution is -2.40. The molecule has 2 heterocycles. The highest BCUT2D eigenvalue weighted by Gasteiger charge is 2.36. The number of rotatable bonds is 3. The molecule has 1 unspecified atom stereocenters. The van der Waals surface area contributed by atoms with Crippen LogP contribution < -0.4 is 0 Å². The number of carbonyl (C=O) groups excluding carboxylic acids is 1. The van der Waals surface area contributed by atoms with Gasteiger partial charge in [-0.05, 0) is 50.7 Å². The molecule has 0 bridgehead atoms. The zero-order chi connectivity index (χ0) is 16.2. The monoisotopic (exact) mass is 319 g/mol. The summed E-state index contributed by atoms with van der Waals surface area (Å²) in [5.74, 6) is 0.0426. The van der Waals surface area contributed by atoms with Crippen molar-refractivity contribution in [2.75, 3.05) is 6.54 Å². The topological polar surface area (TPSA) is 70.8 Å². The van der Waals surface area contributed by atoms with E-state index in [1.165, 1.54) is 0 Å². The Morgan fingerprint density at radius 2 is 1.78 bits per heavy atom. The number of likely N-dealkylation sites (tertiary alicyclic amines) is 1. The molecule has 1 atom stereocenters. The van der Waals surface area contributed by atoms with Gasteiger partial charge in [0.1, 0.15) is 5.76 Å². The van der Waals surface area contributed by atoms with Gasteiger partial charge in [-0.1, -0.05) is 12.8 Å². The normalized spacial score (nSPS) is 29.0. The molecule has 1 aliphatic carbocycles. The zero-order valence-electron chi connectivity index (χ0n) is 13.4. The third-order valence-electron chi connectivity index (χ3n) is 5.33. The molecule has 3 rings (SSSR count). The van der Waals surface area contributed by atoms with Crippen LogP contribution in [0.4, 0.5) is 0 Å². The van der Waals surface area contributed by atoms with Gasteiger partial charge in [-0.3, -0.25) is 9.59 Å². The van der Waals surface area contributed by atoms with Crippen molar-refractivity contribution in [1.29, 1.82) is 0 Å². The number of hydrogen-bond donors (Lipinski definition) is 1. The van der Waals surface area contributed by atoms with Gasteiger partial charge in [0, 0.05) is 12.5 Å². The predicted octanol–water partition coefficient (Wildman–Crippen LogP) is 3.61. The molecule has 5 nitrogen and oxygen atoms in total. The number of amides is 1. The Kier molecular flexibility index (Phi) is 5.03. The number of furan rings is 1. The SMILES string of the molecule is O=C(O)C1CCC(C(=O)N2CCCCCC2c2ccco2)CC1. The largest absolute Gasteiger partial charge is 0.481 e. The molecule has 1 N–H and O–H groups in total. The summed E-state index contributed by atoms with van der Waals surface area (Å²) in [4.78, 5) is 26.1. The lowest BCUT2D eigenvalue weighted by atomic mass is 9.81. The molecule has 2 aliphatic rings. The summed E-state index contributed by atoms with van der Waals surface area (Å²) in [5.41, 5.74) is 0. The van der Waals surface area contributed by atoms with Gasteiger partial charge in [0.15, 0.2) is 0 Å². The third kappa shape index (κ3) is 3.59. The van der Waals surface area contributed by atoms with E-state index in [1.807, 2.05) is 17.0 Å². The minimum atomic E-state index is -0.723. The molecule has 1 amide bonds. The number of carboxylic acids is 1. The summed E-state index contributed by atoms with van der Waals surface area (Å²) in [6.07, 6.45) is 8.52. The Balaban J connectivity index is 1.70. The fourth-order valence-corrected chi connectivity index (χ4v) is 3.97. The van der Waals surface area contributed by atoms with Gasteiger partial charge in [-0.2, -0.15) is 0 Å². The van der Waals surface area contributed by atoms with Crippen LogP contribution in [0.2, 0.25) is 0 Å². The summed E-state index contributed by atoms with van der Waals surface area (Å²) in [6, 6.07) is 3.87. The second kappa shape index (κ2) is 7.20. The minimum Gasteiger partial charge on any atom is -0.481 e. The Morgan fingerprint density at radius 3 is 2.43 bits per heavy atom. The zero-order valence-corrected chi connectivity index (χ0v) is 13.4. The second-order valence-electron chi connectivity index (χ2n) is 6.80. The summed E-state index contributed by atoms with van der Waals surface area (Å²) >= 11 is 0. The quantitative estimate of drug-likeness (QED) is 0.924. The van der Waals surface area contributed by atoms with E-state index in [2.05, 4.69) is 0 Å². The van der Waals surface area contributed by atoms with E-state index in [0.717, 1.165) is 38.0 Å². The van der Waals surface area contributed by atoms with Gasteiger partial charge in [0.2, 0.25) is 5.91 Å². The van der Waals surface area contributed by atoms with Crippen LogP contribution >= 0.6 is 0 Å². The summed E-state index contributed by atoms with van der Waals surface area (Å²) in [7, 11) is 0. The maximum Gasteiger partial charge on any atom is 0.306 e. The van der Waals surface area contributed by atoms with Crippen molar-refractivity contribution in [3.8, 4) is 0 Å². The van der Waals surface area contributed by atoms with Gasteiger partial charge in [-0.25, -0.2) is 0 Å². The Morgan fingerprint density at radius 1 is 1.04 bits per heavy atom. The van der Waals surface area contributed by atoms with E-state index in [4.69, 9.17) is 9.52 Å². The smallest absolute Gasteiger partial charge is 0.306 e. The standard InChI is InChI=1S/C18H25NO4/c20-17(13-7-9-14(10-8-13)18(21)22)19-11-3-1-2-5-15(19)16-6-4-12-23-16/h4,6,12-15H,1-3,5,7-11H2,(H,21,22). The molecule has 0 spiro atoms. The molecular weight excluding hydrogens is 294 g/mol. The van der Waals surface area contributed by atoms with Crippen molar-refractivity contribution in [1.82, 2.24) is 4.90 Å². The third-order valence-corrected chi connectivity index (χ3v) is 5.33. The highest BCUT2D eigenvalue weighted by Crippen LogP contribution is 2.35. The highest BCUT2D eigenvalue weighted by molar-refractivity contribution is 5.80. The molecule has 1 saturated carbocycles. The van der Waals surface area contributed by atoms with E-state index in [0.29, 0.717) is 25.7 Å². The molecule has 0 radical (unpaired) electrons. The minimum absolute atomic E-state index is 0.0267. The Labute approximate surface area is 136 Å². The van der Waals surface area contributed by atoms with Crippen molar-refractivity contribution in [2.45, 2.75) is 57.4 Å². The van der Waals surface area contributed by atoms with Gasteiger partial charge in [-0.15, -0.1) is 0 Å². The first-order valence-corrected chi connectivity index (χ1v) is 8.73. The predicted molar refractivity (Wildman–Crippen MR) is 84.7 cm³/mol. The number of nitrogens with zero attached hydrogens (tertiary/aromatic N) is 1. The summed E-state index contributed by atoms with van der Waals surface area (Å²) < 4.78 is 5.57. The van der Waals surface area contributed by atoms with Crippen LogP contribution in [-0.2, 0) is 9.59 Å². The maximum absolute atomic E-state index is 13.0. The first-order chi connectivity index (χ1) is 11.2. The lowest BCUT2D eigenvalue weighted by Gasteiger charge is -2.34. The van der Waals surface area contributed by atoms with Crippen LogP contribution in [0.5, 0.6) is 0 Å². The molecule has 126 valence electrons. The Hall–Kier alpha value is -1.78. The summed E-state index contributed by atoms with van der Waals surface area (Å²) in [5, 5.41) is 9.11. The van der Waals surface area contributed by atoms with Crippen LogP contribution in [0.1, 0.15) is 63.2 Å². The summed E-state index contributed by atoms with van der Waals surface area (Å²) in [6.45, 7) is 0.781. The van der Waals surface area contributed by atoms with E-state index < -0.39 is 5.97 Å². The van der Waals surface area contributed by atoms with Crippen molar-refractivity contribution in [3.05, 3.63) is 24.2 Å². The van der Waals surface area contributed by atoms with Gasteiger partial charge < -0.3 is 14.4 Å². The Bertz CT molecular complexity index is 531. The number of hydrogen-bond acceptors (Lipinski definition) is 3. The number of aliphatic carboxylic acids is 1. The van der Waals surface area contributed by atoms with Crippen molar-refractivity contribution in [3.63, 3.8) is 0 Å². The average Bonchev–Trinajstić information content (AvgIpc) is 2.99. The fourth-order valence-electron chi connectivity index (χ4n) is 3.97. The molecule has 23 heavy (non-hydrogen) atoms. The van der Waals surface area contributed by atoms with Gasteiger partial charge in [0.05, 0.1) is 18.2 Å². The van der Waals surface area contributed by atoms with E-state index >= 15 is 0 Å². The molecule has 1 aromatic heterocycles. The molecule has 1 saturated heterocycles. The van der Waals surface area contributed by atoms with Crippen molar-refractivity contribution < 1.29 is 19.1 Å².